The fourth-order valence-corrected chi connectivity index (χ4v) is 4.01. The lowest BCUT2D eigenvalue weighted by molar-refractivity contribution is -0.384. The minimum atomic E-state index is -0.415. The summed E-state index contributed by atoms with van der Waals surface area (Å²) in [4.78, 5) is 17.0. The van der Waals surface area contributed by atoms with E-state index in [1.54, 1.807) is 39.9 Å². The first-order valence-corrected chi connectivity index (χ1v) is 9.84. The number of benzene rings is 3. The van der Waals surface area contributed by atoms with Gasteiger partial charge in [0.2, 0.25) is 0 Å². The van der Waals surface area contributed by atoms with Crippen LogP contribution >= 0.6 is 21.6 Å². The van der Waals surface area contributed by atoms with E-state index >= 15 is 0 Å². The van der Waals surface area contributed by atoms with E-state index in [1.165, 1.54) is 12.1 Å². The van der Waals surface area contributed by atoms with Gasteiger partial charge in [-0.15, -0.1) is 0 Å². The van der Waals surface area contributed by atoms with Crippen molar-refractivity contribution in [3.05, 3.63) is 88.5 Å². The number of nitro benzene ring substituents is 1. The van der Waals surface area contributed by atoms with Gasteiger partial charge in [0.15, 0.2) is 0 Å². The average Bonchev–Trinajstić information content (AvgIpc) is 2.67. The van der Waals surface area contributed by atoms with Crippen LogP contribution in [0.15, 0.2) is 87.6 Å². The minimum Gasteiger partial charge on any atom is -0.399 e. The third-order valence-electron chi connectivity index (χ3n) is 3.39. The van der Waals surface area contributed by atoms with Crippen molar-refractivity contribution in [3.63, 3.8) is 0 Å². The Bertz CT molecular complexity index is 926. The van der Waals surface area contributed by atoms with E-state index in [1.807, 2.05) is 48.5 Å². The summed E-state index contributed by atoms with van der Waals surface area (Å²) in [5.41, 5.74) is 7.97. The molecule has 2 N–H and O–H groups in total. The summed E-state index contributed by atoms with van der Waals surface area (Å²) in [6.45, 7) is 0. The van der Waals surface area contributed by atoms with Crippen LogP contribution in [0.25, 0.3) is 0 Å². The van der Waals surface area contributed by atoms with Crippen LogP contribution in [0.2, 0.25) is 0 Å². The third-order valence-corrected chi connectivity index (χ3v) is 5.81. The molecule has 0 aromatic heterocycles. The van der Waals surface area contributed by atoms with Crippen LogP contribution in [-0.2, 0) is 0 Å². The molecule has 5 nitrogen and oxygen atoms in total. The molecule has 0 heterocycles. The molecule has 130 valence electrons. The second kappa shape index (κ2) is 8.55. The molecule has 0 saturated carbocycles. The smallest absolute Gasteiger partial charge is 0.270 e. The highest BCUT2D eigenvalue weighted by Gasteiger charge is 2.04. The molecule has 3 aromatic rings. The van der Waals surface area contributed by atoms with Gasteiger partial charge in [-0.3, -0.25) is 15.1 Å². The van der Waals surface area contributed by atoms with Crippen LogP contribution in [-0.4, -0.2) is 11.1 Å². The lowest BCUT2D eigenvalue weighted by Crippen LogP contribution is -1.89. The van der Waals surface area contributed by atoms with Crippen molar-refractivity contribution in [2.75, 3.05) is 5.73 Å². The molecule has 0 amide bonds. The summed E-state index contributed by atoms with van der Waals surface area (Å²) in [5.74, 6) is 0. The highest BCUT2D eigenvalue weighted by molar-refractivity contribution is 8.76. The minimum absolute atomic E-state index is 0.0559. The van der Waals surface area contributed by atoms with Gasteiger partial charge in [-0.2, -0.15) is 0 Å². The van der Waals surface area contributed by atoms with Crippen LogP contribution in [0.4, 0.5) is 17.1 Å². The molecule has 26 heavy (non-hydrogen) atoms. The first-order chi connectivity index (χ1) is 12.6. The van der Waals surface area contributed by atoms with E-state index in [4.69, 9.17) is 5.73 Å². The molecule has 0 aliphatic carbocycles. The van der Waals surface area contributed by atoms with Crippen molar-refractivity contribution in [2.24, 2.45) is 4.99 Å². The number of non-ortho nitro benzene ring substituents is 1. The van der Waals surface area contributed by atoms with Gasteiger partial charge in [0, 0.05) is 33.8 Å². The number of nitrogen functional groups attached to an aromatic ring is 1. The number of hydrogen-bond donors (Lipinski definition) is 1. The molecule has 0 aliphatic rings. The summed E-state index contributed by atoms with van der Waals surface area (Å²) >= 11 is 0. The molecule has 0 saturated heterocycles. The van der Waals surface area contributed by atoms with Crippen molar-refractivity contribution >= 4 is 44.9 Å². The molecule has 0 aliphatic heterocycles. The molecule has 3 rings (SSSR count). The first-order valence-electron chi connectivity index (χ1n) is 7.69. The number of anilines is 1. The number of aliphatic imine (C=N–C) groups is 1. The quantitative estimate of drug-likeness (QED) is 0.194. The predicted octanol–water partition coefficient (Wildman–Crippen LogP) is 5.73. The Morgan fingerprint density at radius 2 is 1.54 bits per heavy atom. The molecule has 3 aromatic carbocycles. The van der Waals surface area contributed by atoms with Gasteiger partial charge < -0.3 is 5.73 Å². The molecule has 0 spiro atoms. The van der Waals surface area contributed by atoms with Gasteiger partial charge in [-0.05, 0) is 54.1 Å². The van der Waals surface area contributed by atoms with Gasteiger partial charge in [0.1, 0.15) is 0 Å². The summed E-state index contributed by atoms with van der Waals surface area (Å²) in [6.07, 6.45) is 1.62. The van der Waals surface area contributed by atoms with Crippen LogP contribution in [0.1, 0.15) is 5.56 Å². The highest BCUT2D eigenvalue weighted by Crippen LogP contribution is 2.38. The molecular formula is C19H15N3O2S2. The van der Waals surface area contributed by atoms with Crippen LogP contribution < -0.4 is 5.73 Å². The molecule has 0 radical (unpaired) electrons. The number of hydrogen-bond acceptors (Lipinski definition) is 6. The van der Waals surface area contributed by atoms with E-state index in [9.17, 15) is 10.1 Å². The van der Waals surface area contributed by atoms with Crippen LogP contribution in [0, 0.1) is 10.1 Å². The Hall–Kier alpha value is -2.77. The maximum Gasteiger partial charge on any atom is 0.270 e. The first kappa shape index (κ1) is 18.0. The molecule has 7 heteroatoms. The number of nitrogens with zero attached hydrogens (tertiary/aromatic N) is 2. The van der Waals surface area contributed by atoms with Gasteiger partial charge in [0.05, 0.1) is 10.6 Å². The van der Waals surface area contributed by atoms with E-state index < -0.39 is 4.92 Å². The number of rotatable bonds is 6. The zero-order valence-corrected chi connectivity index (χ0v) is 15.2. The predicted molar refractivity (Wildman–Crippen MR) is 109 cm³/mol. The fourth-order valence-electron chi connectivity index (χ4n) is 2.08. The van der Waals surface area contributed by atoms with E-state index in [2.05, 4.69) is 4.99 Å². The van der Waals surface area contributed by atoms with Crippen molar-refractivity contribution in [1.29, 1.82) is 0 Å². The maximum absolute atomic E-state index is 10.8. The molecule has 0 atom stereocenters. The summed E-state index contributed by atoms with van der Waals surface area (Å²) < 4.78 is 0. The lowest BCUT2D eigenvalue weighted by atomic mass is 10.2. The lowest BCUT2D eigenvalue weighted by Gasteiger charge is -2.02. The average molecular weight is 381 g/mol. The Labute approximate surface area is 158 Å². The topological polar surface area (TPSA) is 81.5 Å². The van der Waals surface area contributed by atoms with Crippen LogP contribution in [0.3, 0.4) is 0 Å². The molecule has 0 fully saturated rings. The normalized spacial score (nSPS) is 10.9. The SMILES string of the molecule is Nc1ccc(SSc2ccc(N=Cc3cccc([N+](=O)[O-])c3)cc2)cc1. The van der Waals surface area contributed by atoms with Gasteiger partial charge in [0.25, 0.3) is 5.69 Å². The Morgan fingerprint density at radius 3 is 2.15 bits per heavy atom. The van der Waals surface area contributed by atoms with E-state index in [-0.39, 0.29) is 5.69 Å². The Morgan fingerprint density at radius 1 is 0.923 bits per heavy atom. The van der Waals surface area contributed by atoms with Crippen molar-refractivity contribution in [2.45, 2.75) is 9.79 Å². The summed E-state index contributed by atoms with van der Waals surface area (Å²) in [6, 6.07) is 22.0. The number of nitro groups is 1. The third kappa shape index (κ3) is 5.11. The van der Waals surface area contributed by atoms with E-state index in [0.717, 1.165) is 21.2 Å². The largest absolute Gasteiger partial charge is 0.399 e. The zero-order chi connectivity index (χ0) is 18.4. The van der Waals surface area contributed by atoms with Crippen molar-refractivity contribution in [1.82, 2.24) is 0 Å². The standard InChI is InChI=1S/C19H15N3O2S2/c20-15-4-8-18(9-5-15)25-26-19-10-6-16(7-11-19)21-13-14-2-1-3-17(12-14)22(23)24/h1-13H,20H2. The van der Waals surface area contributed by atoms with Crippen molar-refractivity contribution in [3.8, 4) is 0 Å². The van der Waals surface area contributed by atoms with E-state index in [0.29, 0.717) is 5.56 Å². The molecule has 0 unspecified atom stereocenters. The molecule has 0 bridgehead atoms. The fraction of sp³-hybridized carbons (Fsp3) is 0. The zero-order valence-electron chi connectivity index (χ0n) is 13.6. The highest BCUT2D eigenvalue weighted by atomic mass is 33.1. The summed E-state index contributed by atoms with van der Waals surface area (Å²) in [5, 5.41) is 10.8. The van der Waals surface area contributed by atoms with Crippen molar-refractivity contribution < 1.29 is 4.92 Å². The van der Waals surface area contributed by atoms with Crippen LogP contribution in [0.5, 0.6) is 0 Å². The number of nitrogens with two attached hydrogens (primary N) is 1. The Balaban J connectivity index is 1.61. The second-order valence-electron chi connectivity index (χ2n) is 5.34. The van der Waals surface area contributed by atoms with Gasteiger partial charge in [-0.25, -0.2) is 0 Å². The maximum atomic E-state index is 10.8. The second-order valence-corrected chi connectivity index (χ2v) is 7.62. The monoisotopic (exact) mass is 381 g/mol. The molecular weight excluding hydrogens is 366 g/mol. The summed E-state index contributed by atoms with van der Waals surface area (Å²) in [7, 11) is 3.32. The van der Waals surface area contributed by atoms with Gasteiger partial charge in [-0.1, -0.05) is 33.7 Å². The Kier molecular flexibility index (Phi) is 5.93. The van der Waals surface area contributed by atoms with Gasteiger partial charge >= 0.3 is 0 Å².